The van der Waals surface area contributed by atoms with Gasteiger partial charge in [-0.15, -0.1) is 11.6 Å². The molecule has 0 fully saturated rings. The van der Waals surface area contributed by atoms with Crippen molar-refractivity contribution >= 4 is 11.6 Å². The zero-order chi connectivity index (χ0) is 9.70. The lowest BCUT2D eigenvalue weighted by molar-refractivity contribution is 0.708. The third-order valence-electron chi connectivity index (χ3n) is 0.955. The quantitative estimate of drug-likeness (QED) is 0.545. The predicted octanol–water partition coefficient (Wildman–Crippen LogP) is 4.86. The molecule has 0 aliphatic carbocycles. The molecule has 1 unspecified atom stereocenters. The summed E-state index contributed by atoms with van der Waals surface area (Å²) in [6.07, 6.45) is 3.69. The molecule has 0 spiro atoms. The molecule has 0 aromatic carbocycles. The number of hydrogen-bond acceptors (Lipinski definition) is 0. The fourth-order valence-electron chi connectivity index (χ4n) is 0.485. The first-order valence-electron chi connectivity index (χ1n) is 4.91. The van der Waals surface area contributed by atoms with Crippen molar-refractivity contribution in [1.82, 2.24) is 0 Å². The van der Waals surface area contributed by atoms with Crippen LogP contribution in [0.25, 0.3) is 0 Å². The van der Waals surface area contributed by atoms with Crippen molar-refractivity contribution in [3.63, 3.8) is 0 Å². The Labute approximate surface area is 78.3 Å². The minimum Gasteiger partial charge on any atom is -0.123 e. The Hall–Kier alpha value is 0.290. The minimum absolute atomic E-state index is 0.375. The SMILES string of the molecule is CC.CC.CCCCC(C)Cl. The molecule has 0 aliphatic heterocycles. The predicted molar refractivity (Wildman–Crippen MR) is 57.5 cm³/mol. The fourth-order valence-corrected chi connectivity index (χ4v) is 0.640. The summed E-state index contributed by atoms with van der Waals surface area (Å²) >= 11 is 5.66. The Morgan fingerprint density at radius 1 is 1.09 bits per heavy atom. The first-order valence-corrected chi connectivity index (χ1v) is 5.35. The molecular weight excluding hydrogens is 156 g/mol. The molecule has 72 valence electrons. The summed E-state index contributed by atoms with van der Waals surface area (Å²) in [5.74, 6) is 0. The van der Waals surface area contributed by atoms with Gasteiger partial charge in [0, 0.05) is 5.38 Å². The third kappa shape index (κ3) is 38.4. The van der Waals surface area contributed by atoms with Crippen LogP contribution in [-0.2, 0) is 0 Å². The van der Waals surface area contributed by atoms with Crippen molar-refractivity contribution in [2.24, 2.45) is 0 Å². The summed E-state index contributed by atoms with van der Waals surface area (Å²) in [6, 6.07) is 0. The summed E-state index contributed by atoms with van der Waals surface area (Å²) in [7, 11) is 0. The first kappa shape index (κ1) is 17.4. The maximum Gasteiger partial charge on any atom is 0.0307 e. The maximum absolute atomic E-state index is 5.66. The van der Waals surface area contributed by atoms with E-state index < -0.39 is 0 Å². The molecule has 11 heavy (non-hydrogen) atoms. The van der Waals surface area contributed by atoms with Gasteiger partial charge >= 0.3 is 0 Å². The Morgan fingerprint density at radius 2 is 1.45 bits per heavy atom. The van der Waals surface area contributed by atoms with Crippen molar-refractivity contribution < 1.29 is 0 Å². The van der Waals surface area contributed by atoms with Crippen molar-refractivity contribution in [2.75, 3.05) is 0 Å². The van der Waals surface area contributed by atoms with E-state index in [4.69, 9.17) is 11.6 Å². The van der Waals surface area contributed by atoms with E-state index in [-0.39, 0.29) is 0 Å². The van der Waals surface area contributed by atoms with Crippen LogP contribution >= 0.6 is 11.6 Å². The van der Waals surface area contributed by atoms with E-state index in [2.05, 4.69) is 6.92 Å². The van der Waals surface area contributed by atoms with Crippen LogP contribution in [0.3, 0.4) is 0 Å². The van der Waals surface area contributed by atoms with Gasteiger partial charge in [0.05, 0.1) is 0 Å². The second kappa shape index (κ2) is 22.4. The van der Waals surface area contributed by atoms with E-state index in [1.165, 1.54) is 12.8 Å². The van der Waals surface area contributed by atoms with Crippen molar-refractivity contribution in [3.8, 4) is 0 Å². The van der Waals surface area contributed by atoms with Crippen LogP contribution in [0.4, 0.5) is 0 Å². The Morgan fingerprint density at radius 3 is 1.55 bits per heavy atom. The van der Waals surface area contributed by atoms with Gasteiger partial charge in [-0.3, -0.25) is 0 Å². The lowest BCUT2D eigenvalue weighted by Gasteiger charge is -1.96. The molecule has 0 radical (unpaired) electrons. The smallest absolute Gasteiger partial charge is 0.0307 e. The summed E-state index contributed by atoms with van der Waals surface area (Å²) in [5, 5.41) is 0.375. The van der Waals surface area contributed by atoms with Gasteiger partial charge in [-0.2, -0.15) is 0 Å². The molecule has 0 heterocycles. The van der Waals surface area contributed by atoms with Crippen LogP contribution in [0, 0.1) is 0 Å². The van der Waals surface area contributed by atoms with Crippen molar-refractivity contribution in [1.29, 1.82) is 0 Å². The largest absolute Gasteiger partial charge is 0.123 e. The molecule has 1 atom stereocenters. The second-order valence-corrected chi connectivity index (χ2v) is 2.67. The van der Waals surface area contributed by atoms with E-state index in [1.54, 1.807) is 0 Å². The average Bonchev–Trinajstić information content (AvgIpc) is 2.08. The molecule has 0 saturated carbocycles. The van der Waals surface area contributed by atoms with Crippen LogP contribution in [0.2, 0.25) is 0 Å². The maximum atomic E-state index is 5.66. The van der Waals surface area contributed by atoms with Gasteiger partial charge in [-0.1, -0.05) is 47.5 Å². The zero-order valence-electron chi connectivity index (χ0n) is 9.08. The van der Waals surface area contributed by atoms with Crippen LogP contribution in [0.1, 0.15) is 60.8 Å². The van der Waals surface area contributed by atoms with E-state index in [0.29, 0.717) is 5.38 Å². The monoisotopic (exact) mass is 180 g/mol. The molecule has 0 N–H and O–H groups in total. The lowest BCUT2D eigenvalue weighted by atomic mass is 10.2. The van der Waals surface area contributed by atoms with Crippen LogP contribution < -0.4 is 0 Å². The van der Waals surface area contributed by atoms with Gasteiger partial charge < -0.3 is 0 Å². The molecule has 0 amide bonds. The molecule has 0 saturated heterocycles. The summed E-state index contributed by atoms with van der Waals surface area (Å²) in [4.78, 5) is 0. The molecule has 0 nitrogen and oxygen atoms in total. The normalized spacial score (nSPS) is 10.1. The molecule has 0 aromatic rings. The van der Waals surface area contributed by atoms with Gasteiger partial charge in [-0.05, 0) is 13.3 Å². The standard InChI is InChI=1S/C6H13Cl.2C2H6/c1-3-4-5-6(2)7;2*1-2/h6H,3-5H2,1-2H3;2*1-2H3. The Bertz CT molecular complexity index is 33.9. The van der Waals surface area contributed by atoms with Gasteiger partial charge in [0.1, 0.15) is 0 Å². The van der Waals surface area contributed by atoms with Crippen molar-refractivity contribution in [3.05, 3.63) is 0 Å². The fraction of sp³-hybridized carbons (Fsp3) is 1.00. The van der Waals surface area contributed by atoms with Gasteiger partial charge in [-0.25, -0.2) is 0 Å². The van der Waals surface area contributed by atoms with E-state index in [0.717, 1.165) is 6.42 Å². The van der Waals surface area contributed by atoms with E-state index >= 15 is 0 Å². The second-order valence-electron chi connectivity index (χ2n) is 1.92. The van der Waals surface area contributed by atoms with Gasteiger partial charge in [0.15, 0.2) is 0 Å². The topological polar surface area (TPSA) is 0 Å². The molecule has 0 rings (SSSR count). The summed E-state index contributed by atoms with van der Waals surface area (Å²) in [5.41, 5.74) is 0. The number of unbranched alkanes of at least 4 members (excludes halogenated alkanes) is 1. The van der Waals surface area contributed by atoms with Crippen LogP contribution in [-0.4, -0.2) is 5.38 Å². The number of rotatable bonds is 3. The Kier molecular flexibility index (Phi) is 35.5. The average molecular weight is 181 g/mol. The third-order valence-corrected chi connectivity index (χ3v) is 1.17. The molecule has 0 aromatic heterocycles. The number of hydrogen-bond donors (Lipinski definition) is 0. The highest BCUT2D eigenvalue weighted by atomic mass is 35.5. The summed E-state index contributed by atoms with van der Waals surface area (Å²) < 4.78 is 0. The highest BCUT2D eigenvalue weighted by Gasteiger charge is 1.91. The summed E-state index contributed by atoms with van der Waals surface area (Å²) in [6.45, 7) is 12.2. The highest BCUT2D eigenvalue weighted by molar-refractivity contribution is 6.20. The molecule has 0 aliphatic rings. The van der Waals surface area contributed by atoms with E-state index in [1.807, 2.05) is 34.6 Å². The van der Waals surface area contributed by atoms with Crippen LogP contribution in [0.5, 0.6) is 0 Å². The molecule has 0 bridgehead atoms. The highest BCUT2D eigenvalue weighted by Crippen LogP contribution is 2.04. The van der Waals surface area contributed by atoms with Gasteiger partial charge in [0.25, 0.3) is 0 Å². The Balaban J connectivity index is -0.000000138. The lowest BCUT2D eigenvalue weighted by Crippen LogP contribution is -1.87. The minimum atomic E-state index is 0.375. The zero-order valence-corrected chi connectivity index (χ0v) is 9.83. The van der Waals surface area contributed by atoms with Crippen molar-refractivity contribution in [2.45, 2.75) is 66.2 Å². The van der Waals surface area contributed by atoms with Gasteiger partial charge in [0.2, 0.25) is 0 Å². The van der Waals surface area contributed by atoms with E-state index in [9.17, 15) is 0 Å². The molecular formula is C10H25Cl. The number of halogens is 1. The van der Waals surface area contributed by atoms with Crippen LogP contribution in [0.15, 0.2) is 0 Å². The number of alkyl halides is 1. The first-order chi connectivity index (χ1) is 5.27. The molecule has 1 heteroatoms.